The fourth-order valence-electron chi connectivity index (χ4n) is 5.35. The summed E-state index contributed by atoms with van der Waals surface area (Å²) < 4.78 is 5.41. The standard InChI is InChI=1S/C28H33ClN4O5/c29-23-4-2-18(13-20(23)7-8-32-9-11-38-12-10-32)15-26(35)30-16-19-1-3-22-21(14-19)17-33(28(22)37)24-5-6-25(34)31-27(24)36/h1-4,13-14,24,27,36H,5-12,15-17H2,(H,30,35)(H,31,34). The molecule has 2 aromatic carbocycles. The lowest BCUT2D eigenvalue weighted by molar-refractivity contribution is -0.129. The van der Waals surface area contributed by atoms with Gasteiger partial charge in [0.05, 0.1) is 25.7 Å². The Kier molecular flexibility index (Phi) is 8.28. The number of nitrogens with zero attached hydrogens (tertiary/aromatic N) is 2. The highest BCUT2D eigenvalue weighted by Gasteiger charge is 2.38. The molecule has 2 aromatic rings. The fraction of sp³-hybridized carbons (Fsp3) is 0.464. The van der Waals surface area contributed by atoms with Crippen LogP contribution in [0.1, 0.15) is 45.5 Å². The lowest BCUT2D eigenvalue weighted by atomic mass is 10.0. The molecule has 202 valence electrons. The second kappa shape index (κ2) is 11.8. The molecule has 38 heavy (non-hydrogen) atoms. The molecule has 3 N–H and O–H groups in total. The summed E-state index contributed by atoms with van der Waals surface area (Å²) in [6, 6.07) is 10.8. The average molecular weight is 541 g/mol. The van der Waals surface area contributed by atoms with E-state index in [2.05, 4.69) is 15.5 Å². The zero-order valence-electron chi connectivity index (χ0n) is 21.2. The smallest absolute Gasteiger partial charge is 0.254 e. The number of hydrogen-bond acceptors (Lipinski definition) is 6. The largest absolute Gasteiger partial charge is 0.379 e. The maximum atomic E-state index is 12.9. The van der Waals surface area contributed by atoms with E-state index in [-0.39, 0.29) is 30.6 Å². The number of rotatable bonds is 8. The van der Waals surface area contributed by atoms with Crippen molar-refractivity contribution in [3.63, 3.8) is 0 Å². The molecule has 9 nitrogen and oxygen atoms in total. The third-order valence-corrected chi connectivity index (χ3v) is 7.88. The molecule has 2 fully saturated rings. The van der Waals surface area contributed by atoms with Crippen molar-refractivity contribution in [3.05, 3.63) is 69.2 Å². The summed E-state index contributed by atoms with van der Waals surface area (Å²) in [5.41, 5.74) is 4.30. The first-order valence-corrected chi connectivity index (χ1v) is 13.5. The SMILES string of the molecule is O=C(Cc1ccc(Cl)c(CCN2CCOCC2)c1)NCc1ccc2c(c1)CN(C1CCC(=O)NC1O)C2=O. The Balaban J connectivity index is 1.14. The predicted molar refractivity (Wildman–Crippen MR) is 141 cm³/mol. The minimum atomic E-state index is -1.07. The number of aliphatic hydroxyl groups is 1. The number of piperidine rings is 1. The monoisotopic (exact) mass is 540 g/mol. The zero-order chi connectivity index (χ0) is 26.6. The maximum Gasteiger partial charge on any atom is 0.254 e. The van der Waals surface area contributed by atoms with Crippen LogP contribution in [-0.2, 0) is 40.3 Å². The summed E-state index contributed by atoms with van der Waals surface area (Å²) in [5, 5.41) is 16.4. The molecule has 0 bridgehead atoms. The molecular formula is C28H33ClN4O5. The molecule has 2 atom stereocenters. The molecule has 0 saturated carbocycles. The quantitative estimate of drug-likeness (QED) is 0.469. The van der Waals surface area contributed by atoms with Gasteiger partial charge in [-0.05, 0) is 47.2 Å². The van der Waals surface area contributed by atoms with Crippen LogP contribution in [-0.4, -0.2) is 77.7 Å². The van der Waals surface area contributed by atoms with Crippen LogP contribution in [0.15, 0.2) is 36.4 Å². The molecule has 3 heterocycles. The van der Waals surface area contributed by atoms with Gasteiger partial charge >= 0.3 is 0 Å². The van der Waals surface area contributed by atoms with E-state index in [0.29, 0.717) is 30.1 Å². The molecule has 2 saturated heterocycles. The van der Waals surface area contributed by atoms with Crippen molar-refractivity contribution in [1.29, 1.82) is 0 Å². The molecule has 5 rings (SSSR count). The Morgan fingerprint density at radius 1 is 1.13 bits per heavy atom. The molecule has 0 aromatic heterocycles. The van der Waals surface area contributed by atoms with Gasteiger partial charge in [-0.15, -0.1) is 0 Å². The molecule has 3 aliphatic heterocycles. The van der Waals surface area contributed by atoms with Crippen LogP contribution >= 0.6 is 11.6 Å². The van der Waals surface area contributed by atoms with Crippen LogP contribution < -0.4 is 10.6 Å². The number of amides is 3. The highest BCUT2D eigenvalue weighted by Crippen LogP contribution is 2.29. The summed E-state index contributed by atoms with van der Waals surface area (Å²) in [4.78, 5) is 41.1. The van der Waals surface area contributed by atoms with E-state index in [4.69, 9.17) is 16.3 Å². The Morgan fingerprint density at radius 2 is 1.92 bits per heavy atom. The molecule has 2 unspecified atom stereocenters. The van der Waals surface area contributed by atoms with Gasteiger partial charge in [-0.1, -0.05) is 35.9 Å². The second-order valence-electron chi connectivity index (χ2n) is 10.1. The Labute approximate surface area is 227 Å². The molecule has 0 spiro atoms. The Morgan fingerprint density at radius 3 is 2.71 bits per heavy atom. The molecule has 0 aliphatic carbocycles. The zero-order valence-corrected chi connectivity index (χ0v) is 22.0. The first kappa shape index (κ1) is 26.6. The highest BCUT2D eigenvalue weighted by molar-refractivity contribution is 6.31. The van der Waals surface area contributed by atoms with Crippen LogP contribution in [0.3, 0.4) is 0 Å². The van der Waals surface area contributed by atoms with Crippen LogP contribution in [0.5, 0.6) is 0 Å². The van der Waals surface area contributed by atoms with E-state index in [1.807, 2.05) is 30.3 Å². The first-order valence-electron chi connectivity index (χ1n) is 13.1. The van der Waals surface area contributed by atoms with Gasteiger partial charge in [-0.3, -0.25) is 19.3 Å². The summed E-state index contributed by atoms with van der Waals surface area (Å²) in [5.74, 6) is -0.451. The third kappa shape index (κ3) is 6.18. The van der Waals surface area contributed by atoms with Gasteiger partial charge in [0, 0.05) is 49.7 Å². The van der Waals surface area contributed by atoms with Crippen molar-refractivity contribution in [2.45, 2.75) is 51.0 Å². The minimum Gasteiger partial charge on any atom is -0.379 e. The number of benzene rings is 2. The number of fused-ring (bicyclic) bond motifs is 1. The van der Waals surface area contributed by atoms with Crippen LogP contribution in [0.2, 0.25) is 5.02 Å². The third-order valence-electron chi connectivity index (χ3n) is 7.51. The van der Waals surface area contributed by atoms with Crippen molar-refractivity contribution >= 4 is 29.3 Å². The van der Waals surface area contributed by atoms with E-state index in [1.165, 1.54) is 0 Å². The Hall–Kier alpha value is -2.98. The van der Waals surface area contributed by atoms with Gasteiger partial charge in [0.2, 0.25) is 11.8 Å². The summed E-state index contributed by atoms with van der Waals surface area (Å²) in [6.45, 7) is 4.99. The van der Waals surface area contributed by atoms with Crippen molar-refractivity contribution in [3.8, 4) is 0 Å². The Bertz CT molecular complexity index is 1220. The second-order valence-corrected chi connectivity index (χ2v) is 10.5. The van der Waals surface area contributed by atoms with Crippen LogP contribution in [0, 0.1) is 0 Å². The van der Waals surface area contributed by atoms with E-state index in [0.717, 1.165) is 61.5 Å². The summed E-state index contributed by atoms with van der Waals surface area (Å²) in [7, 11) is 0. The van der Waals surface area contributed by atoms with Gasteiger partial charge in [0.15, 0.2) is 0 Å². The van der Waals surface area contributed by atoms with Crippen LogP contribution in [0.4, 0.5) is 0 Å². The average Bonchev–Trinajstić information content (AvgIpc) is 3.23. The van der Waals surface area contributed by atoms with Gasteiger partial charge in [0.25, 0.3) is 5.91 Å². The van der Waals surface area contributed by atoms with Crippen LogP contribution in [0.25, 0.3) is 0 Å². The van der Waals surface area contributed by atoms with Gasteiger partial charge in [-0.2, -0.15) is 0 Å². The van der Waals surface area contributed by atoms with Gasteiger partial charge in [0.1, 0.15) is 6.23 Å². The summed E-state index contributed by atoms with van der Waals surface area (Å²) >= 11 is 6.42. The lowest BCUT2D eigenvalue weighted by Gasteiger charge is -2.35. The van der Waals surface area contributed by atoms with Gasteiger partial charge < -0.3 is 25.4 Å². The molecule has 3 aliphatic rings. The van der Waals surface area contributed by atoms with Crippen molar-refractivity contribution in [2.75, 3.05) is 32.8 Å². The van der Waals surface area contributed by atoms with Gasteiger partial charge in [-0.25, -0.2) is 0 Å². The predicted octanol–water partition coefficient (Wildman–Crippen LogP) is 1.63. The van der Waals surface area contributed by atoms with E-state index in [9.17, 15) is 19.5 Å². The van der Waals surface area contributed by atoms with E-state index >= 15 is 0 Å². The molecule has 3 amide bonds. The van der Waals surface area contributed by atoms with Crippen molar-refractivity contribution in [2.24, 2.45) is 0 Å². The fourth-order valence-corrected chi connectivity index (χ4v) is 5.56. The number of morpholine rings is 1. The maximum absolute atomic E-state index is 12.9. The topological polar surface area (TPSA) is 111 Å². The number of aliphatic hydroxyl groups excluding tert-OH is 1. The highest BCUT2D eigenvalue weighted by atomic mass is 35.5. The first-order chi connectivity index (χ1) is 18.4. The number of carbonyl (C=O) groups excluding carboxylic acids is 3. The van der Waals surface area contributed by atoms with Crippen molar-refractivity contribution < 1.29 is 24.2 Å². The molecule has 0 radical (unpaired) electrons. The number of halogens is 1. The number of ether oxygens (including phenoxy) is 1. The summed E-state index contributed by atoms with van der Waals surface area (Å²) in [6.07, 6.45) is 0.714. The van der Waals surface area contributed by atoms with Crippen molar-refractivity contribution in [1.82, 2.24) is 20.4 Å². The van der Waals surface area contributed by atoms with E-state index in [1.54, 1.807) is 11.0 Å². The van der Waals surface area contributed by atoms with E-state index < -0.39 is 12.3 Å². The number of carbonyl (C=O) groups is 3. The molecule has 10 heteroatoms. The minimum absolute atomic E-state index is 0.0919. The number of hydrogen-bond donors (Lipinski definition) is 3. The molecular weight excluding hydrogens is 508 g/mol. The number of nitrogens with one attached hydrogen (secondary N) is 2. The lowest BCUT2D eigenvalue weighted by Crippen LogP contribution is -2.55. The normalized spacial score (nSPS) is 21.8.